The van der Waals surface area contributed by atoms with Gasteiger partial charge >= 0.3 is 0 Å². The van der Waals surface area contributed by atoms with Gasteiger partial charge in [-0.1, -0.05) is 42.1 Å². The number of aromatic amines is 1. The van der Waals surface area contributed by atoms with Crippen LogP contribution in [-0.2, 0) is 12.8 Å². The first-order valence-corrected chi connectivity index (χ1v) is 9.06. The smallest absolute Gasteiger partial charge is 0.259 e. The van der Waals surface area contributed by atoms with Crippen molar-refractivity contribution in [2.24, 2.45) is 7.05 Å². The van der Waals surface area contributed by atoms with E-state index in [4.69, 9.17) is 0 Å². The van der Waals surface area contributed by atoms with Gasteiger partial charge < -0.3 is 9.55 Å². The number of H-pyrrole nitrogens is 1. The zero-order valence-corrected chi connectivity index (χ0v) is 14.4. The summed E-state index contributed by atoms with van der Waals surface area (Å²) in [4.78, 5) is 21.6. The summed E-state index contributed by atoms with van der Waals surface area (Å²) in [5.74, 6) is 1.18. The number of nitrogens with zero attached hydrogens (tertiary/aromatic N) is 4. The van der Waals surface area contributed by atoms with E-state index in [0.29, 0.717) is 17.0 Å². The molecule has 0 aliphatic heterocycles. The molecule has 0 fully saturated rings. The minimum atomic E-state index is -0.105. The molecule has 6 nitrogen and oxygen atoms in total. The molecule has 0 radical (unpaired) electrons. The van der Waals surface area contributed by atoms with Gasteiger partial charge in [0, 0.05) is 11.9 Å². The molecule has 0 aliphatic rings. The van der Waals surface area contributed by atoms with Crippen molar-refractivity contribution in [1.82, 2.24) is 24.7 Å². The summed E-state index contributed by atoms with van der Waals surface area (Å²) in [5.41, 5.74) is 0.988. The van der Waals surface area contributed by atoms with Crippen LogP contribution in [0.15, 0.2) is 52.7 Å². The predicted octanol–water partition coefficient (Wildman–Crippen LogP) is 3.07. The number of aryl methyl sites for hydroxylation is 1. The Labute approximate surface area is 145 Å². The monoisotopic (exact) mass is 355 g/mol. The highest BCUT2D eigenvalue weighted by atomic mass is 32.2. The van der Waals surface area contributed by atoms with Crippen molar-refractivity contribution in [2.75, 3.05) is 0 Å². The van der Waals surface area contributed by atoms with Gasteiger partial charge in [-0.25, -0.2) is 4.98 Å². The second-order valence-corrected chi connectivity index (χ2v) is 7.19. The number of hydrogen-bond acceptors (Lipinski definition) is 6. The molecular formula is C16H13N5OS2. The molecule has 0 amide bonds. The van der Waals surface area contributed by atoms with Gasteiger partial charge in [0.2, 0.25) is 0 Å². The summed E-state index contributed by atoms with van der Waals surface area (Å²) in [6.45, 7) is 0. The summed E-state index contributed by atoms with van der Waals surface area (Å²) in [7, 11) is 1.88. The van der Waals surface area contributed by atoms with E-state index in [-0.39, 0.29) is 5.56 Å². The van der Waals surface area contributed by atoms with Crippen LogP contribution in [0, 0.1) is 0 Å². The minimum Gasteiger partial charge on any atom is -0.312 e. The van der Waals surface area contributed by atoms with Gasteiger partial charge in [0.25, 0.3) is 5.56 Å². The molecule has 1 aromatic carbocycles. The lowest BCUT2D eigenvalue weighted by Gasteiger charge is -2.00. The molecule has 24 heavy (non-hydrogen) atoms. The number of nitrogens with one attached hydrogen (secondary N) is 1. The third-order valence-corrected chi connectivity index (χ3v) is 5.64. The first-order chi connectivity index (χ1) is 11.7. The Morgan fingerprint density at radius 2 is 2.12 bits per heavy atom. The van der Waals surface area contributed by atoms with Crippen LogP contribution in [0.3, 0.4) is 0 Å². The van der Waals surface area contributed by atoms with Gasteiger partial charge in [0.15, 0.2) is 5.16 Å². The number of rotatable bonds is 4. The zero-order valence-electron chi connectivity index (χ0n) is 12.8. The molecule has 3 heterocycles. The third kappa shape index (κ3) is 2.85. The number of thioether (sulfide) groups is 1. The first-order valence-electron chi connectivity index (χ1n) is 7.25. The third-order valence-electron chi connectivity index (χ3n) is 3.52. The van der Waals surface area contributed by atoms with Crippen LogP contribution in [0.1, 0.15) is 5.82 Å². The zero-order chi connectivity index (χ0) is 16.5. The van der Waals surface area contributed by atoms with Crippen molar-refractivity contribution < 1.29 is 0 Å². The first kappa shape index (κ1) is 15.1. The quantitative estimate of drug-likeness (QED) is 0.569. The molecule has 4 rings (SSSR count). The van der Waals surface area contributed by atoms with Gasteiger partial charge in [-0.2, -0.15) is 0 Å². The molecule has 0 bridgehead atoms. The fourth-order valence-corrected chi connectivity index (χ4v) is 4.14. The summed E-state index contributed by atoms with van der Waals surface area (Å²) in [6, 6.07) is 11.9. The van der Waals surface area contributed by atoms with Crippen molar-refractivity contribution in [3.8, 4) is 10.4 Å². The number of fused-ring (bicyclic) bond motifs is 1. The van der Waals surface area contributed by atoms with Crippen molar-refractivity contribution >= 4 is 33.3 Å². The Hall–Kier alpha value is -2.45. The number of hydrogen-bond donors (Lipinski definition) is 1. The van der Waals surface area contributed by atoms with Crippen LogP contribution in [0.2, 0.25) is 0 Å². The van der Waals surface area contributed by atoms with E-state index < -0.39 is 0 Å². The number of benzene rings is 1. The van der Waals surface area contributed by atoms with Crippen LogP contribution >= 0.6 is 23.1 Å². The van der Waals surface area contributed by atoms with Crippen molar-refractivity contribution in [3.05, 3.63) is 58.9 Å². The van der Waals surface area contributed by atoms with Crippen LogP contribution in [0.5, 0.6) is 0 Å². The Morgan fingerprint density at radius 1 is 1.29 bits per heavy atom. The maximum absolute atomic E-state index is 12.3. The topological polar surface area (TPSA) is 76.5 Å². The molecular weight excluding hydrogens is 342 g/mol. The molecule has 0 saturated carbocycles. The summed E-state index contributed by atoms with van der Waals surface area (Å²) >= 11 is 3.02. The standard InChI is InChI=1S/C16H13N5OS2/c1-21-9-17-20-16(21)23-8-13-18-14(22)11-7-12(24-15(11)19-13)10-5-3-2-4-6-10/h2-7,9H,8H2,1H3,(H,18,19,22). The maximum Gasteiger partial charge on any atom is 0.259 e. The summed E-state index contributed by atoms with van der Waals surface area (Å²) < 4.78 is 1.83. The molecule has 0 aliphatic carbocycles. The minimum absolute atomic E-state index is 0.105. The Balaban J connectivity index is 1.67. The van der Waals surface area contributed by atoms with E-state index in [1.165, 1.54) is 23.1 Å². The molecule has 0 saturated heterocycles. The second kappa shape index (κ2) is 6.21. The van der Waals surface area contributed by atoms with Gasteiger partial charge in [0.05, 0.1) is 11.1 Å². The average Bonchev–Trinajstić information content (AvgIpc) is 3.20. The van der Waals surface area contributed by atoms with E-state index in [2.05, 4.69) is 20.2 Å². The highest BCUT2D eigenvalue weighted by Gasteiger charge is 2.11. The predicted molar refractivity (Wildman–Crippen MR) is 96.2 cm³/mol. The number of aromatic nitrogens is 5. The van der Waals surface area contributed by atoms with Crippen LogP contribution < -0.4 is 5.56 Å². The van der Waals surface area contributed by atoms with Crippen LogP contribution in [0.25, 0.3) is 20.7 Å². The van der Waals surface area contributed by atoms with Crippen LogP contribution in [-0.4, -0.2) is 24.7 Å². The van der Waals surface area contributed by atoms with Gasteiger partial charge in [0.1, 0.15) is 17.0 Å². The highest BCUT2D eigenvalue weighted by Crippen LogP contribution is 2.31. The van der Waals surface area contributed by atoms with Gasteiger partial charge in [-0.05, 0) is 11.6 Å². The molecule has 0 atom stereocenters. The Kier molecular flexibility index (Phi) is 3.91. The van der Waals surface area contributed by atoms with Crippen molar-refractivity contribution in [2.45, 2.75) is 10.9 Å². The highest BCUT2D eigenvalue weighted by molar-refractivity contribution is 7.98. The van der Waals surface area contributed by atoms with E-state index in [0.717, 1.165) is 20.4 Å². The molecule has 3 aromatic heterocycles. The molecule has 1 N–H and O–H groups in total. The molecule has 4 aromatic rings. The fraction of sp³-hybridized carbons (Fsp3) is 0.125. The molecule has 8 heteroatoms. The maximum atomic E-state index is 12.3. The van der Waals surface area contributed by atoms with Gasteiger partial charge in [-0.3, -0.25) is 4.79 Å². The SMILES string of the molecule is Cn1cnnc1SCc1nc2sc(-c3ccccc3)cc2c(=O)[nH]1. The van der Waals surface area contributed by atoms with E-state index in [1.807, 2.05) is 48.0 Å². The average molecular weight is 355 g/mol. The normalized spacial score (nSPS) is 11.2. The largest absolute Gasteiger partial charge is 0.312 e. The lowest BCUT2D eigenvalue weighted by Crippen LogP contribution is -2.09. The van der Waals surface area contributed by atoms with E-state index >= 15 is 0 Å². The van der Waals surface area contributed by atoms with Crippen molar-refractivity contribution in [1.29, 1.82) is 0 Å². The summed E-state index contributed by atoms with van der Waals surface area (Å²) in [5, 5.41) is 9.28. The molecule has 0 unspecified atom stereocenters. The van der Waals surface area contributed by atoms with Crippen LogP contribution in [0.4, 0.5) is 0 Å². The number of thiophene rings is 1. The lowest BCUT2D eigenvalue weighted by atomic mass is 10.2. The van der Waals surface area contributed by atoms with Crippen molar-refractivity contribution in [3.63, 3.8) is 0 Å². The Morgan fingerprint density at radius 3 is 2.88 bits per heavy atom. The second-order valence-electron chi connectivity index (χ2n) is 5.22. The lowest BCUT2D eigenvalue weighted by molar-refractivity contribution is 0.787. The Bertz CT molecular complexity index is 1050. The van der Waals surface area contributed by atoms with E-state index in [1.54, 1.807) is 6.33 Å². The molecule has 120 valence electrons. The van der Waals surface area contributed by atoms with Gasteiger partial charge in [-0.15, -0.1) is 21.5 Å². The fourth-order valence-electron chi connectivity index (χ4n) is 2.33. The molecule has 0 spiro atoms. The summed E-state index contributed by atoms with van der Waals surface area (Å²) in [6.07, 6.45) is 1.65. The van der Waals surface area contributed by atoms with E-state index in [9.17, 15) is 4.79 Å².